The van der Waals surface area contributed by atoms with Crippen molar-refractivity contribution in [3.63, 3.8) is 0 Å². The zero-order valence-electron chi connectivity index (χ0n) is 15.1. The monoisotopic (exact) mass is 385 g/mol. The van der Waals surface area contributed by atoms with E-state index in [1.165, 1.54) is 0 Å². The summed E-state index contributed by atoms with van der Waals surface area (Å²) in [5.74, 6) is 1.06. The Morgan fingerprint density at radius 3 is 2.74 bits per heavy atom. The standard InChI is InChI=1S/C20H20ClN3O3/c1-12-5-3-4-6-15(12)24-16-9-13(21)10-17(27-2)18(16)19(22-20(24)26)23-8-7-14(25)11-23/h3-6,9-10,14,25H,7-8,11H2,1-2H3/t14-/m1/s1. The number of methoxy groups -OCH3 is 1. The zero-order chi connectivity index (χ0) is 19.1. The number of aryl methyl sites for hydroxylation is 1. The molecule has 2 aromatic carbocycles. The molecule has 1 atom stereocenters. The highest BCUT2D eigenvalue weighted by atomic mass is 35.5. The van der Waals surface area contributed by atoms with E-state index in [9.17, 15) is 9.90 Å². The molecule has 1 saturated heterocycles. The third-order valence-corrected chi connectivity index (χ3v) is 5.16. The molecular formula is C20H20ClN3O3. The molecule has 1 fully saturated rings. The highest BCUT2D eigenvalue weighted by molar-refractivity contribution is 6.31. The minimum atomic E-state index is -0.432. The van der Waals surface area contributed by atoms with E-state index in [0.717, 1.165) is 11.3 Å². The lowest BCUT2D eigenvalue weighted by atomic mass is 10.1. The van der Waals surface area contributed by atoms with Gasteiger partial charge in [0.05, 0.1) is 29.8 Å². The molecule has 0 bridgehead atoms. The van der Waals surface area contributed by atoms with Gasteiger partial charge in [-0.25, -0.2) is 4.79 Å². The molecule has 0 unspecified atom stereocenters. The van der Waals surface area contributed by atoms with Crippen LogP contribution in [0.3, 0.4) is 0 Å². The summed E-state index contributed by atoms with van der Waals surface area (Å²) in [7, 11) is 1.57. The van der Waals surface area contributed by atoms with E-state index in [2.05, 4.69) is 4.98 Å². The van der Waals surface area contributed by atoms with Crippen LogP contribution in [0.4, 0.5) is 5.82 Å². The van der Waals surface area contributed by atoms with Gasteiger partial charge in [0.15, 0.2) is 0 Å². The molecule has 4 rings (SSSR count). The molecule has 1 N–H and O–H groups in total. The Bertz CT molecular complexity index is 1080. The van der Waals surface area contributed by atoms with E-state index < -0.39 is 11.8 Å². The molecule has 3 aromatic rings. The number of aliphatic hydroxyl groups is 1. The molecule has 0 spiro atoms. The van der Waals surface area contributed by atoms with Crippen LogP contribution in [0, 0.1) is 6.92 Å². The number of ether oxygens (including phenoxy) is 1. The molecule has 27 heavy (non-hydrogen) atoms. The first-order valence-electron chi connectivity index (χ1n) is 8.79. The molecule has 1 aliphatic heterocycles. The average Bonchev–Trinajstić information content (AvgIpc) is 3.07. The SMILES string of the molecule is COc1cc(Cl)cc2c1c(N1CC[C@@H](O)C1)nc(=O)n2-c1ccccc1C. The van der Waals surface area contributed by atoms with Gasteiger partial charge in [0.25, 0.3) is 0 Å². The van der Waals surface area contributed by atoms with Crippen molar-refractivity contribution in [1.82, 2.24) is 9.55 Å². The van der Waals surface area contributed by atoms with Crippen LogP contribution in [0.25, 0.3) is 16.6 Å². The van der Waals surface area contributed by atoms with Crippen LogP contribution in [-0.2, 0) is 0 Å². The Hall–Kier alpha value is -2.57. The molecule has 0 amide bonds. The normalized spacial score (nSPS) is 16.9. The first-order chi connectivity index (χ1) is 13.0. The second-order valence-electron chi connectivity index (χ2n) is 6.73. The minimum absolute atomic E-state index is 0.391. The molecule has 0 saturated carbocycles. The predicted molar refractivity (Wildman–Crippen MR) is 106 cm³/mol. The lowest BCUT2D eigenvalue weighted by Crippen LogP contribution is -2.29. The average molecular weight is 386 g/mol. The number of anilines is 1. The number of aliphatic hydroxyl groups excluding tert-OH is 1. The molecule has 1 aliphatic rings. The van der Waals surface area contributed by atoms with Gasteiger partial charge in [-0.1, -0.05) is 29.8 Å². The van der Waals surface area contributed by atoms with E-state index in [0.29, 0.717) is 47.0 Å². The molecule has 1 aromatic heterocycles. The Labute approximate surface area is 161 Å². The van der Waals surface area contributed by atoms with E-state index in [4.69, 9.17) is 16.3 Å². The fourth-order valence-corrected chi connectivity index (χ4v) is 3.84. The summed E-state index contributed by atoms with van der Waals surface area (Å²) in [4.78, 5) is 19.3. The fraction of sp³-hybridized carbons (Fsp3) is 0.300. The van der Waals surface area contributed by atoms with Gasteiger partial charge in [0, 0.05) is 18.1 Å². The summed E-state index contributed by atoms with van der Waals surface area (Å²) in [6, 6.07) is 11.1. The lowest BCUT2D eigenvalue weighted by Gasteiger charge is -2.22. The van der Waals surface area contributed by atoms with Crippen LogP contribution in [-0.4, -0.2) is 41.0 Å². The second kappa shape index (κ2) is 6.87. The summed E-state index contributed by atoms with van der Waals surface area (Å²) in [6.45, 7) is 3.00. The number of hydrogen-bond acceptors (Lipinski definition) is 5. The van der Waals surface area contributed by atoms with Crippen LogP contribution >= 0.6 is 11.6 Å². The van der Waals surface area contributed by atoms with Gasteiger partial charge in [-0.15, -0.1) is 0 Å². The van der Waals surface area contributed by atoms with Gasteiger partial charge in [-0.2, -0.15) is 4.98 Å². The smallest absolute Gasteiger partial charge is 0.354 e. The third kappa shape index (κ3) is 3.05. The molecule has 2 heterocycles. The van der Waals surface area contributed by atoms with Gasteiger partial charge in [0.1, 0.15) is 11.6 Å². The first-order valence-corrected chi connectivity index (χ1v) is 9.16. The van der Waals surface area contributed by atoms with Crippen molar-refractivity contribution in [3.8, 4) is 11.4 Å². The van der Waals surface area contributed by atoms with Gasteiger partial charge in [-0.05, 0) is 37.1 Å². The number of aromatic nitrogens is 2. The van der Waals surface area contributed by atoms with Crippen LogP contribution < -0.4 is 15.3 Å². The van der Waals surface area contributed by atoms with E-state index in [1.807, 2.05) is 36.1 Å². The summed E-state index contributed by atoms with van der Waals surface area (Å²) >= 11 is 6.32. The highest BCUT2D eigenvalue weighted by Crippen LogP contribution is 2.37. The fourth-order valence-electron chi connectivity index (χ4n) is 3.64. The maximum Gasteiger partial charge on any atom is 0.354 e. The summed E-state index contributed by atoms with van der Waals surface area (Å²) in [6.07, 6.45) is 0.207. The number of rotatable bonds is 3. The Kier molecular flexibility index (Phi) is 4.53. The number of nitrogens with zero attached hydrogens (tertiary/aromatic N) is 3. The van der Waals surface area contributed by atoms with Gasteiger partial charge in [0.2, 0.25) is 0 Å². The number of halogens is 1. The van der Waals surface area contributed by atoms with Crippen molar-refractivity contribution in [1.29, 1.82) is 0 Å². The van der Waals surface area contributed by atoms with Crippen molar-refractivity contribution in [3.05, 3.63) is 57.5 Å². The van der Waals surface area contributed by atoms with E-state index in [-0.39, 0.29) is 0 Å². The van der Waals surface area contributed by atoms with Gasteiger partial charge >= 0.3 is 5.69 Å². The van der Waals surface area contributed by atoms with Crippen molar-refractivity contribution >= 4 is 28.3 Å². The maximum absolute atomic E-state index is 13.0. The van der Waals surface area contributed by atoms with E-state index in [1.54, 1.807) is 23.8 Å². The Morgan fingerprint density at radius 1 is 1.30 bits per heavy atom. The molecule has 0 radical (unpaired) electrons. The van der Waals surface area contributed by atoms with Crippen LogP contribution in [0.5, 0.6) is 5.75 Å². The Morgan fingerprint density at radius 2 is 2.07 bits per heavy atom. The minimum Gasteiger partial charge on any atom is -0.496 e. The molecular weight excluding hydrogens is 366 g/mol. The topological polar surface area (TPSA) is 67.6 Å². The van der Waals surface area contributed by atoms with Crippen molar-refractivity contribution in [2.24, 2.45) is 0 Å². The molecule has 140 valence electrons. The highest BCUT2D eigenvalue weighted by Gasteiger charge is 2.26. The number of para-hydroxylation sites is 1. The van der Waals surface area contributed by atoms with Crippen LogP contribution in [0.2, 0.25) is 5.02 Å². The summed E-state index contributed by atoms with van der Waals surface area (Å²) in [5, 5.41) is 11.1. The van der Waals surface area contributed by atoms with Gasteiger partial charge in [-0.3, -0.25) is 4.57 Å². The second-order valence-corrected chi connectivity index (χ2v) is 7.17. The van der Waals surface area contributed by atoms with Crippen LogP contribution in [0.15, 0.2) is 41.2 Å². The van der Waals surface area contributed by atoms with Crippen molar-refractivity contribution in [2.45, 2.75) is 19.4 Å². The summed E-state index contributed by atoms with van der Waals surface area (Å²) in [5.41, 5.74) is 1.94. The number of benzene rings is 2. The predicted octanol–water partition coefficient (Wildman–Crippen LogP) is 2.93. The maximum atomic E-state index is 13.0. The van der Waals surface area contributed by atoms with E-state index >= 15 is 0 Å². The Balaban J connectivity index is 2.10. The summed E-state index contributed by atoms with van der Waals surface area (Å²) < 4.78 is 7.13. The zero-order valence-corrected chi connectivity index (χ0v) is 15.9. The van der Waals surface area contributed by atoms with Crippen LogP contribution in [0.1, 0.15) is 12.0 Å². The number of β-amino-alcohol motifs (C(OH)–C–C–N with tert-alkyl or cyclic N) is 1. The first kappa shape index (κ1) is 17.8. The number of fused-ring (bicyclic) bond motifs is 1. The van der Waals surface area contributed by atoms with Crippen molar-refractivity contribution in [2.75, 3.05) is 25.1 Å². The largest absolute Gasteiger partial charge is 0.496 e. The molecule has 0 aliphatic carbocycles. The van der Waals surface area contributed by atoms with Crippen molar-refractivity contribution < 1.29 is 9.84 Å². The van der Waals surface area contributed by atoms with Gasteiger partial charge < -0.3 is 14.7 Å². The third-order valence-electron chi connectivity index (χ3n) is 4.94. The molecule has 7 heteroatoms. The molecule has 6 nitrogen and oxygen atoms in total. The lowest BCUT2D eigenvalue weighted by molar-refractivity contribution is 0.198. The number of hydrogen-bond donors (Lipinski definition) is 1. The quantitative estimate of drug-likeness (QED) is 0.750.